The minimum atomic E-state index is -0.365. The van der Waals surface area contributed by atoms with Gasteiger partial charge in [0.2, 0.25) is 0 Å². The number of nitrogens with zero attached hydrogens (tertiary/aromatic N) is 1. The minimum absolute atomic E-state index is 0.0309. The molecular weight excluding hydrogens is 306 g/mol. The van der Waals surface area contributed by atoms with E-state index < -0.39 is 0 Å². The molecule has 5 nitrogen and oxygen atoms in total. The molecule has 22 heavy (non-hydrogen) atoms. The minimum Gasteiger partial charge on any atom is -0.487 e. The fraction of sp³-hybridized carbons (Fsp3) is 0.562. The summed E-state index contributed by atoms with van der Waals surface area (Å²) in [5, 5.41) is 10.2. The van der Waals surface area contributed by atoms with E-state index in [2.05, 4.69) is 0 Å². The molecule has 1 saturated heterocycles. The average molecular weight is 326 g/mol. The lowest BCUT2D eigenvalue weighted by Gasteiger charge is -2.23. The number of aliphatic hydroxyl groups is 1. The van der Waals surface area contributed by atoms with E-state index in [4.69, 9.17) is 21.1 Å². The van der Waals surface area contributed by atoms with Gasteiger partial charge < -0.3 is 14.6 Å². The van der Waals surface area contributed by atoms with E-state index in [1.165, 1.54) is 0 Å². The van der Waals surface area contributed by atoms with Gasteiger partial charge in [0.25, 0.3) is 0 Å². The molecule has 1 amide bonds. The lowest BCUT2D eigenvalue weighted by Crippen LogP contribution is -2.33. The quantitative estimate of drug-likeness (QED) is 0.928. The number of rotatable bonds is 3. The number of carbonyl (C=O) groups is 1. The smallest absolute Gasteiger partial charge is 0.410 e. The Morgan fingerprint density at radius 3 is 3.00 bits per heavy atom. The molecule has 1 N–H and O–H groups in total. The molecule has 0 spiro atoms. The highest BCUT2D eigenvalue weighted by Gasteiger charge is 2.51. The second-order valence-corrected chi connectivity index (χ2v) is 6.71. The zero-order valence-electron chi connectivity index (χ0n) is 12.7. The number of hydrogen-bond donors (Lipinski definition) is 1. The second kappa shape index (κ2) is 5.97. The summed E-state index contributed by atoms with van der Waals surface area (Å²) in [5.41, 5.74) is 0.884. The number of halogens is 1. The van der Waals surface area contributed by atoms with Gasteiger partial charge in [-0.1, -0.05) is 25.4 Å². The summed E-state index contributed by atoms with van der Waals surface area (Å²) in [4.78, 5) is 14.0. The van der Waals surface area contributed by atoms with Crippen molar-refractivity contribution in [3.8, 4) is 5.75 Å². The number of aliphatic hydroxyl groups excluding tert-OH is 1. The Morgan fingerprint density at radius 2 is 2.32 bits per heavy atom. The van der Waals surface area contributed by atoms with Gasteiger partial charge in [0.05, 0.1) is 13.2 Å². The van der Waals surface area contributed by atoms with Crippen molar-refractivity contribution < 1.29 is 19.4 Å². The van der Waals surface area contributed by atoms with Crippen molar-refractivity contribution in [2.24, 2.45) is 11.8 Å². The molecule has 0 bridgehead atoms. The van der Waals surface area contributed by atoms with Crippen molar-refractivity contribution in [1.29, 1.82) is 0 Å². The number of hydrogen-bond acceptors (Lipinski definition) is 4. The summed E-state index contributed by atoms with van der Waals surface area (Å²) < 4.78 is 11.3. The molecule has 2 aliphatic heterocycles. The van der Waals surface area contributed by atoms with E-state index in [0.29, 0.717) is 18.2 Å². The van der Waals surface area contributed by atoms with Gasteiger partial charge in [-0.2, -0.15) is 0 Å². The fourth-order valence-electron chi connectivity index (χ4n) is 3.09. The first-order valence-electron chi connectivity index (χ1n) is 7.51. The number of ether oxygens (including phenoxy) is 2. The van der Waals surface area contributed by atoms with Crippen molar-refractivity contribution in [2.45, 2.75) is 26.0 Å². The summed E-state index contributed by atoms with van der Waals surface area (Å²) in [6.45, 7) is 4.75. The molecule has 1 aromatic rings. The Balaban J connectivity index is 1.86. The summed E-state index contributed by atoms with van der Waals surface area (Å²) in [6, 6.07) is 5.15. The first-order chi connectivity index (χ1) is 10.5. The molecule has 1 aromatic carbocycles. The molecule has 0 radical (unpaired) electrons. The topological polar surface area (TPSA) is 59.0 Å². The lowest BCUT2D eigenvalue weighted by molar-refractivity contribution is 0.0815. The zero-order chi connectivity index (χ0) is 15.9. The Kier molecular flexibility index (Phi) is 4.19. The Labute approximate surface area is 134 Å². The van der Waals surface area contributed by atoms with Crippen LogP contribution in [0, 0.1) is 11.8 Å². The van der Waals surface area contributed by atoms with E-state index in [9.17, 15) is 9.90 Å². The van der Waals surface area contributed by atoms with Gasteiger partial charge in [0.15, 0.2) is 0 Å². The summed E-state index contributed by atoms with van der Waals surface area (Å²) in [6.07, 6.45) is -0.610. The Morgan fingerprint density at radius 1 is 1.55 bits per heavy atom. The SMILES string of the molecule is CC(C)COC(=O)N1C[C@@H](CO)[C@@H]2Oc3ccc(Cl)cc3[C@@H]21. The van der Waals surface area contributed by atoms with Crippen LogP contribution in [0.1, 0.15) is 25.5 Å². The van der Waals surface area contributed by atoms with E-state index in [-0.39, 0.29) is 36.7 Å². The summed E-state index contributed by atoms with van der Waals surface area (Å²) in [5.74, 6) is 0.875. The van der Waals surface area contributed by atoms with Crippen LogP contribution in [0.3, 0.4) is 0 Å². The van der Waals surface area contributed by atoms with E-state index in [1.807, 2.05) is 26.0 Å². The van der Waals surface area contributed by atoms with Crippen molar-refractivity contribution in [2.75, 3.05) is 19.8 Å². The summed E-state index contributed by atoms with van der Waals surface area (Å²) in [7, 11) is 0. The largest absolute Gasteiger partial charge is 0.487 e. The molecule has 3 atom stereocenters. The van der Waals surface area contributed by atoms with Crippen LogP contribution in [-0.4, -0.2) is 42.0 Å². The third-order valence-corrected chi connectivity index (χ3v) is 4.34. The molecule has 6 heteroatoms. The first-order valence-corrected chi connectivity index (χ1v) is 7.89. The molecule has 3 rings (SSSR count). The number of carbonyl (C=O) groups excluding carboxylic acids is 1. The average Bonchev–Trinajstić information content (AvgIpc) is 3.01. The van der Waals surface area contributed by atoms with Crippen molar-refractivity contribution in [3.63, 3.8) is 0 Å². The first kappa shape index (κ1) is 15.4. The summed E-state index contributed by atoms with van der Waals surface area (Å²) >= 11 is 6.07. The Bertz CT molecular complexity index is 577. The van der Waals surface area contributed by atoms with Crippen LogP contribution < -0.4 is 4.74 Å². The number of fused-ring (bicyclic) bond motifs is 3. The maximum Gasteiger partial charge on any atom is 0.410 e. The standard InChI is InChI=1S/C16H20ClNO4/c1-9(2)8-21-16(20)18-6-10(7-19)15-14(18)12-5-11(17)3-4-13(12)22-15/h3-5,9-10,14-15,19H,6-8H2,1-2H3/t10-,14-,15-/m0/s1. The Hall–Kier alpha value is -1.46. The zero-order valence-corrected chi connectivity index (χ0v) is 13.4. The maximum atomic E-state index is 12.4. The highest BCUT2D eigenvalue weighted by Crippen LogP contribution is 2.48. The molecule has 120 valence electrons. The van der Waals surface area contributed by atoms with Gasteiger partial charge in [0, 0.05) is 23.0 Å². The van der Waals surface area contributed by atoms with Gasteiger partial charge in [-0.3, -0.25) is 4.90 Å². The third-order valence-electron chi connectivity index (χ3n) is 4.11. The number of likely N-dealkylation sites (tertiary alicyclic amines) is 1. The van der Waals surface area contributed by atoms with Crippen LogP contribution in [0.15, 0.2) is 18.2 Å². The molecule has 2 aliphatic rings. The fourth-order valence-corrected chi connectivity index (χ4v) is 3.27. The van der Waals surface area contributed by atoms with Crippen molar-refractivity contribution in [1.82, 2.24) is 4.90 Å². The molecule has 0 saturated carbocycles. The molecule has 0 aliphatic carbocycles. The van der Waals surface area contributed by atoms with E-state index >= 15 is 0 Å². The van der Waals surface area contributed by atoms with Gasteiger partial charge >= 0.3 is 6.09 Å². The van der Waals surface area contributed by atoms with Crippen molar-refractivity contribution >= 4 is 17.7 Å². The number of benzene rings is 1. The van der Waals surface area contributed by atoms with Gasteiger partial charge in [0.1, 0.15) is 17.9 Å². The van der Waals surface area contributed by atoms with Gasteiger partial charge in [-0.15, -0.1) is 0 Å². The van der Waals surface area contributed by atoms with E-state index in [0.717, 1.165) is 11.3 Å². The van der Waals surface area contributed by atoms with Crippen LogP contribution >= 0.6 is 11.6 Å². The number of amides is 1. The highest BCUT2D eigenvalue weighted by molar-refractivity contribution is 6.30. The van der Waals surface area contributed by atoms with Gasteiger partial charge in [-0.05, 0) is 24.1 Å². The monoisotopic (exact) mass is 325 g/mol. The molecular formula is C16H20ClNO4. The van der Waals surface area contributed by atoms with Crippen LogP contribution in [0.5, 0.6) is 5.75 Å². The van der Waals surface area contributed by atoms with Gasteiger partial charge in [-0.25, -0.2) is 4.79 Å². The molecule has 2 heterocycles. The second-order valence-electron chi connectivity index (χ2n) is 6.28. The third kappa shape index (κ3) is 2.63. The lowest BCUT2D eigenvalue weighted by atomic mass is 9.99. The van der Waals surface area contributed by atoms with Crippen LogP contribution in [0.4, 0.5) is 4.79 Å². The molecule has 1 fully saturated rings. The predicted molar refractivity (Wildman–Crippen MR) is 82.1 cm³/mol. The predicted octanol–water partition coefficient (Wildman–Crippen LogP) is 2.86. The van der Waals surface area contributed by atoms with Crippen LogP contribution in [0.2, 0.25) is 5.02 Å². The maximum absolute atomic E-state index is 12.4. The highest BCUT2D eigenvalue weighted by atomic mass is 35.5. The molecule has 0 aromatic heterocycles. The van der Waals surface area contributed by atoms with Crippen LogP contribution in [-0.2, 0) is 4.74 Å². The van der Waals surface area contributed by atoms with E-state index in [1.54, 1.807) is 11.0 Å². The normalized spacial score (nSPS) is 25.9. The van der Waals surface area contributed by atoms with Crippen molar-refractivity contribution in [3.05, 3.63) is 28.8 Å². The van der Waals surface area contributed by atoms with Crippen LogP contribution in [0.25, 0.3) is 0 Å². The molecule has 0 unspecified atom stereocenters.